The summed E-state index contributed by atoms with van der Waals surface area (Å²) in [6.07, 6.45) is 3.11. The number of ketones is 1. The maximum atomic E-state index is 13.3. The number of hydrogen-bond acceptors (Lipinski definition) is 2. The van der Waals surface area contributed by atoms with Gasteiger partial charge in [-0.25, -0.2) is 0 Å². The van der Waals surface area contributed by atoms with Crippen LogP contribution in [-0.2, 0) is 17.3 Å². The van der Waals surface area contributed by atoms with Crippen molar-refractivity contribution in [1.29, 1.82) is 0 Å². The summed E-state index contributed by atoms with van der Waals surface area (Å²) in [6, 6.07) is 20.8. The predicted molar refractivity (Wildman–Crippen MR) is 133 cm³/mol. The molecule has 0 amide bonds. The summed E-state index contributed by atoms with van der Waals surface area (Å²) < 4.78 is 4.19. The Balaban J connectivity index is 1.42. The van der Waals surface area contributed by atoms with Gasteiger partial charge in [0.1, 0.15) is 7.05 Å². The van der Waals surface area contributed by atoms with Crippen molar-refractivity contribution in [1.82, 2.24) is 4.57 Å². The van der Waals surface area contributed by atoms with Gasteiger partial charge in [-0.15, -0.1) is 0 Å². The van der Waals surface area contributed by atoms with E-state index in [4.69, 9.17) is 0 Å². The van der Waals surface area contributed by atoms with Gasteiger partial charge in [0, 0.05) is 47.4 Å². The second-order valence-electron chi connectivity index (χ2n) is 9.85. The molecule has 2 unspecified atom stereocenters. The number of fused-ring (bicyclic) bond motifs is 4. The molecule has 4 nitrogen and oxygen atoms in total. The molecule has 1 aromatic heterocycles. The standard InChI is InChI=1S/C29H27N2O2/c1-29(2)24(31(4)23-14-13-17-9-5-6-10-18(17)26(23)29)15-20-27(32)25(28(20)33)21-16-30(3)22-12-8-7-11-19(21)22/h5-16,25,27,32H,1-4H3/q+1. The molecule has 4 aromatic rings. The van der Waals surface area contributed by atoms with Crippen LogP contribution in [0.15, 0.2) is 78.5 Å². The molecule has 1 fully saturated rings. The number of nitrogens with zero attached hydrogens (tertiary/aromatic N) is 2. The average molecular weight is 436 g/mol. The Kier molecular flexibility index (Phi) is 4.12. The fourth-order valence-corrected chi connectivity index (χ4v) is 5.94. The maximum Gasteiger partial charge on any atom is 0.210 e. The summed E-state index contributed by atoms with van der Waals surface area (Å²) in [5.41, 5.74) is 5.63. The number of hydrogen-bond donors (Lipinski definition) is 1. The molecule has 1 N–H and O–H groups in total. The topological polar surface area (TPSA) is 45.2 Å². The minimum absolute atomic E-state index is 0.0105. The Morgan fingerprint density at radius 3 is 2.45 bits per heavy atom. The van der Waals surface area contributed by atoms with E-state index < -0.39 is 12.0 Å². The van der Waals surface area contributed by atoms with Crippen LogP contribution in [0.5, 0.6) is 0 Å². The second kappa shape index (κ2) is 6.75. The van der Waals surface area contributed by atoms with Gasteiger partial charge in [0.25, 0.3) is 0 Å². The van der Waals surface area contributed by atoms with Crippen LogP contribution in [0.2, 0.25) is 0 Å². The van der Waals surface area contributed by atoms with Crippen LogP contribution in [0.3, 0.4) is 0 Å². The fourth-order valence-electron chi connectivity index (χ4n) is 5.94. The minimum Gasteiger partial charge on any atom is -0.387 e. The molecule has 1 aliphatic heterocycles. The molecule has 2 atom stereocenters. The third-order valence-corrected chi connectivity index (χ3v) is 7.65. The van der Waals surface area contributed by atoms with Gasteiger partial charge in [-0.3, -0.25) is 4.79 Å². The maximum absolute atomic E-state index is 13.3. The summed E-state index contributed by atoms with van der Waals surface area (Å²) in [4.78, 5) is 13.3. The number of aryl methyl sites for hydroxylation is 1. The van der Waals surface area contributed by atoms with Gasteiger partial charge in [-0.1, -0.05) is 42.5 Å². The van der Waals surface area contributed by atoms with E-state index in [0.717, 1.165) is 27.9 Å². The molecular formula is C29H27N2O2+. The lowest BCUT2D eigenvalue weighted by Gasteiger charge is -2.34. The highest BCUT2D eigenvalue weighted by molar-refractivity contribution is 6.17. The first-order valence-corrected chi connectivity index (χ1v) is 11.4. The molecule has 164 valence electrons. The molecular weight excluding hydrogens is 408 g/mol. The normalized spacial score (nSPS) is 22.9. The number of Topliss-reactive ketones (excluding diaryl/α,β-unsaturated/α-hetero) is 1. The summed E-state index contributed by atoms with van der Waals surface area (Å²) in [7, 11) is 4.03. The van der Waals surface area contributed by atoms with Gasteiger partial charge in [0.15, 0.2) is 11.5 Å². The number of carbonyl (C=O) groups excluding carboxylic acids is 1. The molecule has 0 bridgehead atoms. The second-order valence-corrected chi connectivity index (χ2v) is 9.85. The summed E-state index contributed by atoms with van der Waals surface area (Å²) in [5, 5.41) is 14.6. The zero-order valence-electron chi connectivity index (χ0n) is 19.3. The Bertz CT molecular complexity index is 1550. The van der Waals surface area contributed by atoms with Gasteiger partial charge in [-0.05, 0) is 42.3 Å². The van der Waals surface area contributed by atoms with E-state index in [9.17, 15) is 9.90 Å². The number of allylic oxidation sites excluding steroid dienone is 1. The Hall–Kier alpha value is -3.50. The number of benzene rings is 3. The molecule has 6 rings (SSSR count). The van der Waals surface area contributed by atoms with E-state index in [1.54, 1.807) is 0 Å². The number of aliphatic hydroxyl groups is 1. The van der Waals surface area contributed by atoms with E-state index >= 15 is 0 Å². The highest BCUT2D eigenvalue weighted by Crippen LogP contribution is 2.46. The molecule has 0 radical (unpaired) electrons. The van der Waals surface area contributed by atoms with E-state index in [-0.39, 0.29) is 11.2 Å². The van der Waals surface area contributed by atoms with E-state index in [0.29, 0.717) is 5.57 Å². The lowest BCUT2D eigenvalue weighted by molar-refractivity contribution is -0.401. The number of carbonyl (C=O) groups is 1. The van der Waals surface area contributed by atoms with Gasteiger partial charge < -0.3 is 9.67 Å². The average Bonchev–Trinajstić information content (AvgIpc) is 3.23. The number of para-hydroxylation sites is 1. The molecule has 3 aromatic carbocycles. The van der Waals surface area contributed by atoms with Crippen LogP contribution in [0.25, 0.3) is 21.7 Å². The van der Waals surface area contributed by atoms with E-state index in [1.165, 1.54) is 16.3 Å². The van der Waals surface area contributed by atoms with E-state index in [1.807, 2.05) is 55.2 Å². The monoisotopic (exact) mass is 435 g/mol. The first-order chi connectivity index (χ1) is 15.8. The van der Waals surface area contributed by atoms with Crippen molar-refractivity contribution in [3.63, 3.8) is 0 Å². The predicted octanol–water partition coefficient (Wildman–Crippen LogP) is 4.99. The zero-order chi connectivity index (χ0) is 23.1. The molecule has 2 heterocycles. The summed E-state index contributed by atoms with van der Waals surface area (Å²) in [5.74, 6) is -0.502. The highest BCUT2D eigenvalue weighted by Gasteiger charge is 2.50. The van der Waals surface area contributed by atoms with Gasteiger partial charge in [0.2, 0.25) is 5.69 Å². The molecule has 33 heavy (non-hydrogen) atoms. The van der Waals surface area contributed by atoms with Crippen molar-refractivity contribution in [2.75, 3.05) is 7.05 Å². The highest BCUT2D eigenvalue weighted by atomic mass is 16.3. The van der Waals surface area contributed by atoms with Crippen molar-refractivity contribution < 1.29 is 14.5 Å². The third-order valence-electron chi connectivity index (χ3n) is 7.65. The van der Waals surface area contributed by atoms with Gasteiger partial charge >= 0.3 is 0 Å². The molecule has 0 spiro atoms. The van der Waals surface area contributed by atoms with Gasteiger partial charge in [-0.2, -0.15) is 4.58 Å². The summed E-state index contributed by atoms with van der Waals surface area (Å²) in [6.45, 7) is 4.40. The van der Waals surface area contributed by atoms with Crippen molar-refractivity contribution in [2.45, 2.75) is 31.3 Å². The number of rotatable bonds is 2. The van der Waals surface area contributed by atoms with Crippen LogP contribution in [0.4, 0.5) is 5.69 Å². The smallest absolute Gasteiger partial charge is 0.210 e. The molecule has 0 saturated heterocycles. The first-order valence-electron chi connectivity index (χ1n) is 11.4. The molecule has 1 saturated carbocycles. The van der Waals surface area contributed by atoms with Crippen molar-refractivity contribution >= 4 is 38.9 Å². The minimum atomic E-state index is -0.805. The fraction of sp³-hybridized carbons (Fsp3) is 0.241. The SMILES string of the molecule is Cn1cc(C2C(=O)C(=CC3=[N+](C)c4ccc5ccccc5c4C3(C)C)C2O)c2ccccc21. The van der Waals surface area contributed by atoms with Crippen LogP contribution >= 0.6 is 0 Å². The molecule has 1 aliphatic carbocycles. The Morgan fingerprint density at radius 2 is 1.70 bits per heavy atom. The lowest BCUT2D eigenvalue weighted by Crippen LogP contribution is -2.44. The van der Waals surface area contributed by atoms with Crippen molar-refractivity contribution in [3.8, 4) is 0 Å². The summed E-state index contributed by atoms with van der Waals surface area (Å²) >= 11 is 0. The number of aromatic nitrogens is 1. The largest absolute Gasteiger partial charge is 0.387 e. The van der Waals surface area contributed by atoms with Gasteiger partial charge in [0.05, 0.1) is 17.4 Å². The lowest BCUT2D eigenvalue weighted by atomic mass is 9.69. The molecule has 4 heteroatoms. The van der Waals surface area contributed by atoms with Crippen molar-refractivity contribution in [3.05, 3.63) is 89.6 Å². The zero-order valence-corrected chi connectivity index (χ0v) is 19.3. The van der Waals surface area contributed by atoms with Crippen LogP contribution in [-0.4, -0.2) is 38.9 Å². The van der Waals surface area contributed by atoms with E-state index in [2.05, 4.69) is 54.8 Å². The quantitative estimate of drug-likeness (QED) is 0.356. The first kappa shape index (κ1) is 20.1. The Morgan fingerprint density at radius 1 is 1.00 bits per heavy atom. The third kappa shape index (κ3) is 2.61. The Labute approximate surface area is 193 Å². The van der Waals surface area contributed by atoms with Crippen molar-refractivity contribution in [2.24, 2.45) is 7.05 Å². The van der Waals surface area contributed by atoms with Crippen LogP contribution < -0.4 is 0 Å². The van der Waals surface area contributed by atoms with Crippen LogP contribution in [0, 0.1) is 0 Å². The number of aliphatic hydroxyl groups excluding tert-OH is 1. The van der Waals surface area contributed by atoms with Crippen LogP contribution in [0.1, 0.15) is 30.9 Å². The molecule has 2 aliphatic rings.